The van der Waals surface area contributed by atoms with Crippen LogP contribution in [-0.4, -0.2) is 6.04 Å². The maximum atomic E-state index is 6.10. The molecule has 3 N–H and O–H groups in total. The molecular formula is C12H16Cl2N2. The van der Waals surface area contributed by atoms with Gasteiger partial charge in [0.15, 0.2) is 0 Å². The van der Waals surface area contributed by atoms with E-state index in [2.05, 4.69) is 12.2 Å². The molecule has 1 aromatic rings. The van der Waals surface area contributed by atoms with E-state index in [9.17, 15) is 0 Å². The predicted molar refractivity (Wildman–Crippen MR) is 71.3 cm³/mol. The number of hydrogen-bond acceptors (Lipinski definition) is 2. The third kappa shape index (κ3) is 2.55. The minimum absolute atomic E-state index is 0.526. The average molecular weight is 259 g/mol. The van der Waals surface area contributed by atoms with E-state index in [1.165, 1.54) is 19.3 Å². The van der Waals surface area contributed by atoms with Crippen LogP contribution in [0.15, 0.2) is 12.1 Å². The lowest BCUT2D eigenvalue weighted by Gasteiger charge is -2.11. The molecule has 0 heterocycles. The number of benzene rings is 1. The number of nitrogen functional groups attached to an aromatic ring is 1. The van der Waals surface area contributed by atoms with E-state index in [1.807, 2.05) is 0 Å². The summed E-state index contributed by atoms with van der Waals surface area (Å²) in [5, 5.41) is 4.60. The highest BCUT2D eigenvalue weighted by molar-refractivity contribution is 6.39. The lowest BCUT2D eigenvalue weighted by Crippen LogP contribution is -2.06. The lowest BCUT2D eigenvalue weighted by atomic mass is 10.2. The van der Waals surface area contributed by atoms with E-state index < -0.39 is 0 Å². The van der Waals surface area contributed by atoms with E-state index >= 15 is 0 Å². The summed E-state index contributed by atoms with van der Waals surface area (Å²) in [5.41, 5.74) is 7.07. The second kappa shape index (κ2) is 4.72. The molecule has 2 rings (SSSR count). The highest BCUT2D eigenvalue weighted by Gasteiger charge is 2.36. The van der Waals surface area contributed by atoms with Crippen LogP contribution in [0.1, 0.15) is 26.2 Å². The topological polar surface area (TPSA) is 38.0 Å². The minimum Gasteiger partial charge on any atom is -0.399 e. The zero-order valence-electron chi connectivity index (χ0n) is 9.26. The Labute approximate surface area is 106 Å². The molecule has 0 radical (unpaired) electrons. The van der Waals surface area contributed by atoms with Gasteiger partial charge in [-0.15, -0.1) is 0 Å². The molecule has 4 heteroatoms. The molecule has 0 aliphatic heterocycles. The van der Waals surface area contributed by atoms with Crippen molar-refractivity contribution in [2.45, 2.75) is 32.2 Å². The molecule has 1 aromatic carbocycles. The van der Waals surface area contributed by atoms with Gasteiger partial charge in [-0.1, -0.05) is 36.5 Å². The van der Waals surface area contributed by atoms with Crippen LogP contribution in [0.3, 0.4) is 0 Å². The molecule has 2 unspecified atom stereocenters. The molecule has 0 bridgehead atoms. The van der Waals surface area contributed by atoms with Gasteiger partial charge >= 0.3 is 0 Å². The van der Waals surface area contributed by atoms with Crippen molar-refractivity contribution in [1.82, 2.24) is 0 Å². The number of halogens is 2. The van der Waals surface area contributed by atoms with Gasteiger partial charge in [-0.3, -0.25) is 0 Å². The molecular weight excluding hydrogens is 243 g/mol. The van der Waals surface area contributed by atoms with Crippen molar-refractivity contribution < 1.29 is 0 Å². The normalized spacial score (nSPS) is 23.2. The van der Waals surface area contributed by atoms with Crippen molar-refractivity contribution in [3.8, 4) is 0 Å². The molecule has 88 valence electrons. The molecule has 1 saturated carbocycles. The van der Waals surface area contributed by atoms with Crippen LogP contribution in [0.25, 0.3) is 0 Å². The largest absolute Gasteiger partial charge is 0.399 e. The molecule has 16 heavy (non-hydrogen) atoms. The molecule has 2 nitrogen and oxygen atoms in total. The van der Waals surface area contributed by atoms with Gasteiger partial charge in [-0.2, -0.15) is 0 Å². The Morgan fingerprint density at radius 2 is 2.00 bits per heavy atom. The summed E-state index contributed by atoms with van der Waals surface area (Å²) in [4.78, 5) is 0. The summed E-state index contributed by atoms with van der Waals surface area (Å²) in [6.07, 6.45) is 3.71. The van der Waals surface area contributed by atoms with Crippen LogP contribution in [-0.2, 0) is 0 Å². The maximum Gasteiger partial charge on any atom is 0.0722 e. The van der Waals surface area contributed by atoms with Crippen LogP contribution < -0.4 is 11.1 Å². The number of nitrogens with one attached hydrogen (secondary N) is 1. The van der Waals surface area contributed by atoms with Gasteiger partial charge in [0.1, 0.15) is 0 Å². The average Bonchev–Trinajstić information content (AvgIpc) is 2.91. The Morgan fingerprint density at radius 1 is 1.38 bits per heavy atom. The number of anilines is 2. The summed E-state index contributed by atoms with van der Waals surface area (Å²) in [6, 6.07) is 3.98. The third-order valence-electron chi connectivity index (χ3n) is 2.98. The first-order valence-electron chi connectivity index (χ1n) is 5.63. The second-order valence-corrected chi connectivity index (χ2v) is 5.21. The van der Waals surface area contributed by atoms with Crippen LogP contribution >= 0.6 is 23.2 Å². The van der Waals surface area contributed by atoms with E-state index in [4.69, 9.17) is 28.9 Å². The summed E-state index contributed by atoms with van der Waals surface area (Å²) < 4.78 is 0. The number of nitrogens with two attached hydrogens (primary N) is 1. The van der Waals surface area contributed by atoms with Crippen molar-refractivity contribution in [2.24, 2.45) is 5.92 Å². The van der Waals surface area contributed by atoms with Crippen molar-refractivity contribution >= 4 is 34.6 Å². The van der Waals surface area contributed by atoms with E-state index in [0.29, 0.717) is 21.8 Å². The van der Waals surface area contributed by atoms with Crippen LogP contribution in [0.5, 0.6) is 0 Å². The first kappa shape index (κ1) is 11.9. The van der Waals surface area contributed by atoms with Crippen molar-refractivity contribution in [3.05, 3.63) is 22.2 Å². The van der Waals surface area contributed by atoms with Gasteiger partial charge in [0.05, 0.1) is 15.7 Å². The van der Waals surface area contributed by atoms with Crippen LogP contribution in [0, 0.1) is 5.92 Å². The molecule has 1 aliphatic rings. The first-order valence-corrected chi connectivity index (χ1v) is 6.38. The fourth-order valence-electron chi connectivity index (χ4n) is 2.03. The zero-order chi connectivity index (χ0) is 11.7. The fourth-order valence-corrected chi connectivity index (χ4v) is 2.64. The maximum absolute atomic E-state index is 6.10. The van der Waals surface area contributed by atoms with Gasteiger partial charge in [0.25, 0.3) is 0 Å². The number of hydrogen-bond donors (Lipinski definition) is 2. The molecule has 1 fully saturated rings. The Hall–Kier alpha value is -0.600. The van der Waals surface area contributed by atoms with Gasteiger partial charge < -0.3 is 11.1 Å². The highest BCUT2D eigenvalue weighted by Crippen LogP contribution is 2.41. The SMILES string of the molecule is CCCC1CC1Nc1c(Cl)cc(N)cc1Cl. The van der Waals surface area contributed by atoms with Crippen LogP contribution in [0.2, 0.25) is 10.0 Å². The Morgan fingerprint density at radius 3 is 2.56 bits per heavy atom. The molecule has 0 aromatic heterocycles. The van der Waals surface area contributed by atoms with E-state index in [-0.39, 0.29) is 0 Å². The van der Waals surface area contributed by atoms with Crippen molar-refractivity contribution in [2.75, 3.05) is 11.1 Å². The third-order valence-corrected chi connectivity index (χ3v) is 3.57. The first-order chi connectivity index (χ1) is 7.61. The van der Waals surface area contributed by atoms with Crippen LogP contribution in [0.4, 0.5) is 11.4 Å². The summed E-state index contributed by atoms with van der Waals surface area (Å²) in [7, 11) is 0. The molecule has 0 spiro atoms. The lowest BCUT2D eigenvalue weighted by molar-refractivity contribution is 0.693. The van der Waals surface area contributed by atoms with Gasteiger partial charge in [-0.25, -0.2) is 0 Å². The van der Waals surface area contributed by atoms with Gasteiger partial charge in [0.2, 0.25) is 0 Å². The predicted octanol–water partition coefficient (Wildman–Crippen LogP) is 4.18. The molecule has 0 saturated heterocycles. The smallest absolute Gasteiger partial charge is 0.0722 e. The minimum atomic E-state index is 0.526. The molecule has 2 atom stereocenters. The van der Waals surface area contributed by atoms with E-state index in [1.54, 1.807) is 12.1 Å². The Bertz CT molecular complexity index is 370. The quantitative estimate of drug-likeness (QED) is 0.796. The van der Waals surface area contributed by atoms with Crippen molar-refractivity contribution in [3.63, 3.8) is 0 Å². The summed E-state index contributed by atoms with van der Waals surface area (Å²) in [6.45, 7) is 2.21. The molecule has 0 amide bonds. The highest BCUT2D eigenvalue weighted by atomic mass is 35.5. The Kier molecular flexibility index (Phi) is 3.50. The van der Waals surface area contributed by atoms with Crippen molar-refractivity contribution in [1.29, 1.82) is 0 Å². The second-order valence-electron chi connectivity index (χ2n) is 4.39. The Balaban J connectivity index is 2.05. The van der Waals surface area contributed by atoms with E-state index in [0.717, 1.165) is 11.6 Å². The number of rotatable bonds is 4. The van der Waals surface area contributed by atoms with Gasteiger partial charge in [0, 0.05) is 11.7 Å². The fraction of sp³-hybridized carbons (Fsp3) is 0.500. The zero-order valence-corrected chi connectivity index (χ0v) is 10.8. The standard InChI is InChI=1S/C12H16Cl2N2/c1-2-3-7-4-11(7)16-12-9(13)5-8(15)6-10(12)14/h5-7,11,16H,2-4,15H2,1H3. The summed E-state index contributed by atoms with van der Waals surface area (Å²) in [5.74, 6) is 0.773. The monoisotopic (exact) mass is 258 g/mol. The molecule has 1 aliphatic carbocycles. The van der Waals surface area contributed by atoms with Gasteiger partial charge in [-0.05, 0) is 30.9 Å². The summed E-state index contributed by atoms with van der Waals surface area (Å²) >= 11 is 12.2.